The second kappa shape index (κ2) is 6.98. The van der Waals surface area contributed by atoms with Gasteiger partial charge in [0.05, 0.1) is 18.6 Å². The maximum atomic E-state index is 12.6. The zero-order valence-corrected chi connectivity index (χ0v) is 16.0. The molecule has 26 heavy (non-hydrogen) atoms. The van der Waals surface area contributed by atoms with Crippen molar-refractivity contribution in [1.82, 2.24) is 15.0 Å². The monoisotopic (exact) mass is 412 g/mol. The zero-order valence-electron chi connectivity index (χ0n) is 14.4. The smallest absolute Gasteiger partial charge is 0.190 e. The molecule has 0 radical (unpaired) electrons. The molecule has 0 aliphatic heterocycles. The molecule has 1 atom stereocenters. The van der Waals surface area contributed by atoms with E-state index in [-0.39, 0.29) is 18.7 Å². The van der Waals surface area contributed by atoms with Crippen molar-refractivity contribution < 1.29 is 9.90 Å². The van der Waals surface area contributed by atoms with Gasteiger partial charge < -0.3 is 5.11 Å². The van der Waals surface area contributed by atoms with E-state index in [4.69, 9.17) is 6.57 Å². The van der Waals surface area contributed by atoms with Crippen molar-refractivity contribution >= 4 is 38.4 Å². The van der Waals surface area contributed by atoms with Crippen LogP contribution in [-0.2, 0) is 17.8 Å². The molecule has 0 bridgehead atoms. The maximum absolute atomic E-state index is 12.6. The van der Waals surface area contributed by atoms with Gasteiger partial charge in [0.2, 0.25) is 0 Å². The molecule has 1 N–H and O–H groups in total. The number of hydrogen-bond donors (Lipinski definition) is 1. The van der Waals surface area contributed by atoms with E-state index in [1.54, 1.807) is 12.1 Å². The van der Waals surface area contributed by atoms with Crippen LogP contribution in [0.15, 0.2) is 40.9 Å². The molecule has 6 nitrogen and oxygen atoms in total. The molecule has 0 aliphatic carbocycles. The number of fused-ring (bicyclic) bond motifs is 1. The highest BCUT2D eigenvalue weighted by molar-refractivity contribution is 9.10. The third-order valence-corrected chi connectivity index (χ3v) is 4.77. The first kappa shape index (κ1) is 18.2. The Morgan fingerprint density at radius 1 is 1.35 bits per heavy atom. The number of halogens is 1. The Kier molecular flexibility index (Phi) is 4.90. The summed E-state index contributed by atoms with van der Waals surface area (Å²) >= 11 is 3.38. The van der Waals surface area contributed by atoms with Crippen LogP contribution in [0, 0.1) is 13.5 Å². The van der Waals surface area contributed by atoms with Crippen molar-refractivity contribution in [2.24, 2.45) is 0 Å². The molecule has 0 unspecified atom stereocenters. The van der Waals surface area contributed by atoms with Gasteiger partial charge in [-0.05, 0) is 43.2 Å². The van der Waals surface area contributed by atoms with Crippen LogP contribution in [-0.4, -0.2) is 31.5 Å². The van der Waals surface area contributed by atoms with Crippen LogP contribution in [0.5, 0.6) is 0 Å². The summed E-state index contributed by atoms with van der Waals surface area (Å²) in [5.74, 6) is -0.312. The number of ketones is 1. The van der Waals surface area contributed by atoms with Gasteiger partial charge in [0.25, 0.3) is 0 Å². The topological polar surface area (TPSA) is 72.4 Å². The summed E-state index contributed by atoms with van der Waals surface area (Å²) in [6.07, 6.45) is 0.0876. The highest BCUT2D eigenvalue weighted by atomic mass is 79.9. The number of carbonyl (C=O) groups excluding carboxylic acids is 1. The number of hydrogen-bond acceptors (Lipinski definition) is 4. The van der Waals surface area contributed by atoms with Gasteiger partial charge in [-0.15, -0.1) is 5.10 Å². The van der Waals surface area contributed by atoms with Crippen molar-refractivity contribution in [3.8, 4) is 0 Å². The molecule has 7 heteroatoms. The van der Waals surface area contributed by atoms with Gasteiger partial charge in [-0.25, -0.2) is 9.53 Å². The molecule has 0 spiro atoms. The predicted octanol–water partition coefficient (Wildman–Crippen LogP) is 3.62. The zero-order chi connectivity index (χ0) is 18.9. The van der Waals surface area contributed by atoms with E-state index in [1.807, 2.05) is 31.2 Å². The minimum atomic E-state index is -1.58. The van der Waals surface area contributed by atoms with E-state index < -0.39 is 5.60 Å². The second-order valence-corrected chi connectivity index (χ2v) is 7.40. The summed E-state index contributed by atoms with van der Waals surface area (Å²) in [6, 6.07) is 10.8. The first-order chi connectivity index (χ1) is 12.3. The minimum absolute atomic E-state index is 0.0169. The Balaban J connectivity index is 1.79. The van der Waals surface area contributed by atoms with Gasteiger partial charge >= 0.3 is 0 Å². The lowest BCUT2D eigenvalue weighted by Crippen LogP contribution is -2.41. The Bertz CT molecular complexity index is 1030. The van der Waals surface area contributed by atoms with Crippen LogP contribution >= 0.6 is 15.9 Å². The Morgan fingerprint density at radius 3 is 2.81 bits per heavy atom. The molecule has 3 aromatic rings. The average Bonchev–Trinajstić information content (AvgIpc) is 2.96. The normalized spacial score (nSPS) is 13.3. The van der Waals surface area contributed by atoms with E-state index >= 15 is 0 Å². The summed E-state index contributed by atoms with van der Waals surface area (Å²) < 4.78 is 2.42. The molecule has 132 valence electrons. The molecule has 0 fully saturated rings. The van der Waals surface area contributed by atoms with Gasteiger partial charge in [-0.3, -0.25) is 4.79 Å². The van der Waals surface area contributed by atoms with Crippen molar-refractivity contribution in [3.05, 3.63) is 63.4 Å². The number of aryl methyl sites for hydroxylation is 1. The number of carbonyl (C=O) groups is 1. The molecular formula is C19H17BrN4O2. The van der Waals surface area contributed by atoms with Crippen LogP contribution in [0.3, 0.4) is 0 Å². The second-order valence-electron chi connectivity index (χ2n) is 6.49. The van der Waals surface area contributed by atoms with E-state index in [1.165, 1.54) is 11.6 Å². The average molecular weight is 413 g/mol. The molecule has 0 saturated heterocycles. The van der Waals surface area contributed by atoms with Crippen molar-refractivity contribution in [2.45, 2.75) is 32.4 Å². The number of aliphatic hydroxyl groups is 1. The van der Waals surface area contributed by atoms with Crippen LogP contribution in [0.1, 0.15) is 18.1 Å². The summed E-state index contributed by atoms with van der Waals surface area (Å²) in [5, 5.41) is 18.8. The number of aromatic nitrogens is 3. The Hall–Kier alpha value is -2.56. The predicted molar refractivity (Wildman–Crippen MR) is 102 cm³/mol. The summed E-state index contributed by atoms with van der Waals surface area (Å²) in [6.45, 7) is 10.4. The maximum Gasteiger partial charge on any atom is 0.190 e. The molecule has 3 rings (SSSR count). The van der Waals surface area contributed by atoms with Gasteiger partial charge in [0, 0.05) is 10.9 Å². The van der Waals surface area contributed by atoms with Crippen molar-refractivity contribution in [1.29, 1.82) is 0 Å². The summed E-state index contributed by atoms with van der Waals surface area (Å²) in [7, 11) is 0. The molecule has 0 amide bonds. The highest BCUT2D eigenvalue weighted by Gasteiger charge is 2.31. The summed E-state index contributed by atoms with van der Waals surface area (Å²) in [5.41, 5.74) is 2.00. The number of rotatable bonds is 5. The number of benzene rings is 2. The molecule has 0 aliphatic rings. The van der Waals surface area contributed by atoms with E-state index in [0.29, 0.717) is 11.2 Å². The van der Waals surface area contributed by atoms with E-state index in [2.05, 4.69) is 31.1 Å². The third-order valence-electron chi connectivity index (χ3n) is 4.28. The van der Waals surface area contributed by atoms with E-state index in [0.717, 1.165) is 21.1 Å². The van der Waals surface area contributed by atoms with Gasteiger partial charge in [-0.2, -0.15) is 0 Å². The Morgan fingerprint density at radius 2 is 2.12 bits per heavy atom. The molecular weight excluding hydrogens is 396 g/mol. The number of Topliss-reactive ketones (excluding diaryl/α,β-unsaturated/α-hetero) is 1. The standard InChI is InChI=1S/C19H17BrN4O2/c1-12-8-13(4-6-15(12)21-3)9-18(25)19(2,26)11-24-17-7-5-14(20)10-16(17)22-23-24/h4-8,10,26H,9,11H2,1-2H3/t19-/m0/s1. The SMILES string of the molecule is [C-]#[N+]c1ccc(CC(=O)[C@@](C)(O)Cn2nnc3cc(Br)ccc32)cc1C. The summed E-state index contributed by atoms with van der Waals surface area (Å²) in [4.78, 5) is 16.1. The molecule has 1 aromatic heterocycles. The van der Waals surface area contributed by atoms with Crippen molar-refractivity contribution in [2.75, 3.05) is 0 Å². The largest absolute Gasteiger partial charge is 0.380 e. The minimum Gasteiger partial charge on any atom is -0.380 e. The van der Waals surface area contributed by atoms with Gasteiger partial charge in [0.15, 0.2) is 11.5 Å². The fraction of sp³-hybridized carbons (Fsp3) is 0.263. The Labute approximate surface area is 159 Å². The van der Waals surface area contributed by atoms with Crippen LogP contribution < -0.4 is 0 Å². The first-order valence-corrected chi connectivity index (χ1v) is 8.81. The molecule has 1 heterocycles. The lowest BCUT2D eigenvalue weighted by Gasteiger charge is -2.22. The molecule has 0 saturated carbocycles. The molecule has 2 aromatic carbocycles. The van der Waals surface area contributed by atoms with Crippen molar-refractivity contribution in [3.63, 3.8) is 0 Å². The van der Waals surface area contributed by atoms with Gasteiger partial charge in [-0.1, -0.05) is 39.3 Å². The van der Waals surface area contributed by atoms with Crippen LogP contribution in [0.4, 0.5) is 5.69 Å². The lowest BCUT2D eigenvalue weighted by atomic mass is 9.94. The van der Waals surface area contributed by atoms with Crippen LogP contribution in [0.2, 0.25) is 0 Å². The quantitative estimate of drug-likeness (QED) is 0.649. The van der Waals surface area contributed by atoms with E-state index in [9.17, 15) is 9.90 Å². The third kappa shape index (κ3) is 3.66. The van der Waals surface area contributed by atoms with Crippen LogP contribution in [0.25, 0.3) is 15.9 Å². The first-order valence-electron chi connectivity index (χ1n) is 8.01. The highest BCUT2D eigenvalue weighted by Crippen LogP contribution is 2.23. The van der Waals surface area contributed by atoms with Gasteiger partial charge in [0.1, 0.15) is 11.1 Å². The fourth-order valence-electron chi connectivity index (χ4n) is 2.77. The fourth-order valence-corrected chi connectivity index (χ4v) is 3.12. The lowest BCUT2D eigenvalue weighted by molar-refractivity contribution is -0.136. The number of nitrogens with zero attached hydrogens (tertiary/aromatic N) is 4.